The summed E-state index contributed by atoms with van der Waals surface area (Å²) in [7, 11) is 1.58. The molecule has 24 heavy (non-hydrogen) atoms. The zero-order valence-corrected chi connectivity index (χ0v) is 14.7. The van der Waals surface area contributed by atoms with Gasteiger partial charge < -0.3 is 14.8 Å². The van der Waals surface area contributed by atoms with Gasteiger partial charge in [0.15, 0.2) is 17.6 Å². The summed E-state index contributed by atoms with van der Waals surface area (Å²) in [6.45, 7) is 6.20. The van der Waals surface area contributed by atoms with E-state index in [0.717, 1.165) is 5.69 Å². The van der Waals surface area contributed by atoms with Crippen molar-refractivity contribution in [2.45, 2.75) is 39.2 Å². The second-order valence-electron chi connectivity index (χ2n) is 5.93. The van der Waals surface area contributed by atoms with Crippen LogP contribution in [0, 0.1) is 0 Å². The minimum Gasteiger partial charge on any atom is -0.493 e. The van der Waals surface area contributed by atoms with Gasteiger partial charge in [0.05, 0.1) is 7.11 Å². The van der Waals surface area contributed by atoms with Crippen molar-refractivity contribution in [3.63, 3.8) is 0 Å². The minimum atomic E-state index is -0.578. The number of ether oxygens (including phenoxy) is 2. The third-order valence-corrected chi connectivity index (χ3v) is 3.85. The van der Waals surface area contributed by atoms with Crippen LogP contribution in [0.2, 0.25) is 0 Å². The average Bonchev–Trinajstić information content (AvgIpc) is 2.60. The Balaban J connectivity index is 2.05. The van der Waals surface area contributed by atoms with Crippen molar-refractivity contribution in [1.29, 1.82) is 0 Å². The van der Waals surface area contributed by atoms with Gasteiger partial charge in [-0.25, -0.2) is 0 Å². The van der Waals surface area contributed by atoms with Crippen LogP contribution in [0.4, 0.5) is 5.69 Å². The van der Waals surface area contributed by atoms with Crippen LogP contribution in [0.15, 0.2) is 48.5 Å². The second kappa shape index (κ2) is 8.39. The number of carbonyl (C=O) groups is 1. The van der Waals surface area contributed by atoms with E-state index in [-0.39, 0.29) is 5.91 Å². The number of nitrogens with one attached hydrogen (secondary N) is 1. The molecule has 0 radical (unpaired) electrons. The molecule has 0 spiro atoms. The van der Waals surface area contributed by atoms with Crippen molar-refractivity contribution in [3.8, 4) is 11.5 Å². The lowest BCUT2D eigenvalue weighted by molar-refractivity contribution is -0.122. The van der Waals surface area contributed by atoms with Gasteiger partial charge in [0.2, 0.25) is 0 Å². The second-order valence-corrected chi connectivity index (χ2v) is 5.93. The van der Waals surface area contributed by atoms with Crippen molar-refractivity contribution >= 4 is 11.6 Å². The predicted molar refractivity (Wildman–Crippen MR) is 96.9 cm³/mol. The zero-order valence-electron chi connectivity index (χ0n) is 14.7. The molecule has 1 amide bonds. The Labute approximate surface area is 143 Å². The van der Waals surface area contributed by atoms with Gasteiger partial charge in [-0.15, -0.1) is 0 Å². The van der Waals surface area contributed by atoms with Gasteiger partial charge in [-0.3, -0.25) is 4.79 Å². The van der Waals surface area contributed by atoms with E-state index in [1.807, 2.05) is 49.4 Å². The molecule has 0 bridgehead atoms. The Bertz CT molecular complexity index is 665. The fraction of sp³-hybridized carbons (Fsp3) is 0.350. The maximum Gasteiger partial charge on any atom is 0.265 e. The maximum atomic E-state index is 12.5. The van der Waals surface area contributed by atoms with Crippen LogP contribution in [0.25, 0.3) is 0 Å². The molecule has 4 heteroatoms. The van der Waals surface area contributed by atoms with Crippen LogP contribution < -0.4 is 14.8 Å². The van der Waals surface area contributed by atoms with E-state index in [2.05, 4.69) is 19.2 Å². The molecule has 0 unspecified atom stereocenters. The van der Waals surface area contributed by atoms with Crippen molar-refractivity contribution in [3.05, 3.63) is 54.1 Å². The summed E-state index contributed by atoms with van der Waals surface area (Å²) in [6.07, 6.45) is -0.0143. The molecule has 4 nitrogen and oxygen atoms in total. The molecule has 0 aromatic heterocycles. The summed E-state index contributed by atoms with van der Waals surface area (Å²) in [5, 5.41) is 2.91. The quantitative estimate of drug-likeness (QED) is 0.807. The molecular weight excluding hydrogens is 302 g/mol. The third kappa shape index (κ3) is 4.51. The molecule has 2 aromatic carbocycles. The Morgan fingerprint density at radius 3 is 2.21 bits per heavy atom. The van der Waals surface area contributed by atoms with Crippen molar-refractivity contribution in [1.82, 2.24) is 0 Å². The average molecular weight is 327 g/mol. The summed E-state index contributed by atoms with van der Waals surface area (Å²) in [4.78, 5) is 12.5. The fourth-order valence-corrected chi connectivity index (χ4v) is 2.37. The molecule has 0 saturated heterocycles. The van der Waals surface area contributed by atoms with Crippen molar-refractivity contribution < 1.29 is 14.3 Å². The molecule has 0 heterocycles. The number of hydrogen-bond donors (Lipinski definition) is 1. The Morgan fingerprint density at radius 1 is 1.04 bits per heavy atom. The van der Waals surface area contributed by atoms with E-state index in [1.165, 1.54) is 5.56 Å². The van der Waals surface area contributed by atoms with Crippen molar-refractivity contribution in [2.75, 3.05) is 12.4 Å². The smallest absolute Gasteiger partial charge is 0.265 e. The molecule has 0 fully saturated rings. The minimum absolute atomic E-state index is 0.166. The summed E-state index contributed by atoms with van der Waals surface area (Å²) < 4.78 is 11.1. The summed E-state index contributed by atoms with van der Waals surface area (Å²) >= 11 is 0. The highest BCUT2D eigenvalue weighted by atomic mass is 16.5. The first-order chi connectivity index (χ1) is 11.5. The number of benzene rings is 2. The molecule has 1 atom stereocenters. The normalized spacial score (nSPS) is 11.9. The number of carbonyl (C=O) groups excluding carboxylic acids is 1. The molecule has 0 aliphatic rings. The molecule has 1 N–H and O–H groups in total. The first kappa shape index (κ1) is 17.9. The maximum absolute atomic E-state index is 12.5. The molecule has 0 aliphatic carbocycles. The lowest BCUT2D eigenvalue weighted by Gasteiger charge is -2.19. The number of rotatable bonds is 7. The van der Waals surface area contributed by atoms with Crippen molar-refractivity contribution in [2.24, 2.45) is 0 Å². The van der Waals surface area contributed by atoms with Gasteiger partial charge in [0, 0.05) is 5.69 Å². The first-order valence-electron chi connectivity index (χ1n) is 8.25. The zero-order chi connectivity index (χ0) is 17.5. The highest BCUT2D eigenvalue weighted by Gasteiger charge is 2.20. The van der Waals surface area contributed by atoms with Gasteiger partial charge in [0.25, 0.3) is 5.91 Å². The number of anilines is 1. The lowest BCUT2D eigenvalue weighted by atomic mass is 10.0. The number of hydrogen-bond acceptors (Lipinski definition) is 3. The largest absolute Gasteiger partial charge is 0.493 e. The third-order valence-electron chi connectivity index (χ3n) is 3.85. The van der Waals surface area contributed by atoms with E-state index in [9.17, 15) is 4.79 Å². The van der Waals surface area contributed by atoms with E-state index in [4.69, 9.17) is 9.47 Å². The molecular formula is C20H25NO3. The van der Waals surface area contributed by atoms with E-state index in [0.29, 0.717) is 23.8 Å². The molecule has 2 aromatic rings. The molecule has 0 saturated carbocycles. The first-order valence-corrected chi connectivity index (χ1v) is 8.25. The van der Waals surface area contributed by atoms with Gasteiger partial charge in [-0.05, 0) is 42.2 Å². The molecule has 2 rings (SSSR count). The number of para-hydroxylation sites is 2. The summed E-state index contributed by atoms with van der Waals surface area (Å²) in [6, 6.07) is 15.2. The Hall–Kier alpha value is -2.49. The van der Waals surface area contributed by atoms with Gasteiger partial charge in [0.1, 0.15) is 0 Å². The highest BCUT2D eigenvalue weighted by Crippen LogP contribution is 2.27. The number of methoxy groups -OCH3 is 1. The van der Waals surface area contributed by atoms with Crippen LogP contribution >= 0.6 is 0 Å². The number of amides is 1. The molecule has 128 valence electrons. The Kier molecular flexibility index (Phi) is 6.24. The van der Waals surface area contributed by atoms with Crippen LogP contribution in [-0.2, 0) is 4.79 Å². The van der Waals surface area contributed by atoms with E-state index in [1.54, 1.807) is 13.2 Å². The van der Waals surface area contributed by atoms with Crippen LogP contribution in [0.5, 0.6) is 11.5 Å². The summed E-state index contributed by atoms with van der Waals surface area (Å²) in [5.74, 6) is 1.48. The lowest BCUT2D eigenvalue weighted by Crippen LogP contribution is -2.32. The van der Waals surface area contributed by atoms with Gasteiger partial charge in [-0.1, -0.05) is 45.0 Å². The van der Waals surface area contributed by atoms with E-state index < -0.39 is 6.10 Å². The highest BCUT2D eigenvalue weighted by molar-refractivity contribution is 5.94. The van der Waals surface area contributed by atoms with Crippen LogP contribution in [0.1, 0.15) is 38.7 Å². The predicted octanol–water partition coefficient (Wildman–Crippen LogP) is 4.61. The van der Waals surface area contributed by atoms with E-state index >= 15 is 0 Å². The van der Waals surface area contributed by atoms with Crippen LogP contribution in [0.3, 0.4) is 0 Å². The van der Waals surface area contributed by atoms with Gasteiger partial charge >= 0.3 is 0 Å². The fourth-order valence-electron chi connectivity index (χ4n) is 2.37. The molecule has 0 aliphatic heterocycles. The topological polar surface area (TPSA) is 47.6 Å². The SMILES string of the molecule is CC[C@H](Oc1ccccc1OC)C(=O)Nc1ccc(C(C)C)cc1. The monoisotopic (exact) mass is 327 g/mol. The van der Waals surface area contributed by atoms with Gasteiger partial charge in [-0.2, -0.15) is 0 Å². The standard InChI is InChI=1S/C20H25NO3/c1-5-17(24-19-9-7-6-8-18(19)23-4)20(22)21-16-12-10-15(11-13-16)14(2)3/h6-14,17H,5H2,1-4H3,(H,21,22)/t17-/m0/s1. The Morgan fingerprint density at radius 2 is 1.67 bits per heavy atom. The summed E-state index contributed by atoms with van der Waals surface area (Å²) in [5.41, 5.74) is 2.01. The van der Waals surface area contributed by atoms with Crippen LogP contribution in [-0.4, -0.2) is 19.1 Å².